The van der Waals surface area contributed by atoms with Gasteiger partial charge in [-0.05, 0) is 41.1 Å². The van der Waals surface area contributed by atoms with E-state index in [2.05, 4.69) is 20.8 Å². The number of benzene rings is 2. The molecule has 3 aromatic rings. The average molecular weight is 355 g/mol. The van der Waals surface area contributed by atoms with Gasteiger partial charge in [0.15, 0.2) is 0 Å². The highest BCUT2D eigenvalue weighted by molar-refractivity contribution is 7.99. The number of anilines is 1. The Morgan fingerprint density at radius 2 is 1.96 bits per heavy atom. The van der Waals surface area contributed by atoms with E-state index in [0.29, 0.717) is 10.9 Å². The van der Waals surface area contributed by atoms with E-state index in [1.807, 2.05) is 55.5 Å². The molecule has 0 aliphatic heterocycles. The molecule has 25 heavy (non-hydrogen) atoms. The molecule has 0 atom stereocenters. The van der Waals surface area contributed by atoms with Gasteiger partial charge in [0.25, 0.3) is 0 Å². The van der Waals surface area contributed by atoms with E-state index >= 15 is 0 Å². The Bertz CT molecular complexity index is 881. The average Bonchev–Trinajstić information content (AvgIpc) is 3.10. The molecule has 0 unspecified atom stereocenters. The predicted molar refractivity (Wildman–Crippen MR) is 96.2 cm³/mol. The number of amides is 1. The Balaban J connectivity index is 1.70. The number of tetrazole rings is 1. The van der Waals surface area contributed by atoms with Crippen LogP contribution in [0, 0.1) is 6.92 Å². The largest absolute Gasteiger partial charge is 0.494 e. The van der Waals surface area contributed by atoms with Crippen molar-refractivity contribution in [3.63, 3.8) is 0 Å². The quantitative estimate of drug-likeness (QED) is 0.685. The minimum atomic E-state index is -0.117. The minimum absolute atomic E-state index is 0.117. The maximum atomic E-state index is 12.2. The Hall–Kier alpha value is -2.87. The molecule has 1 N–H and O–H groups in total. The number of rotatable bonds is 6. The first-order valence-corrected chi connectivity index (χ1v) is 8.57. The molecule has 0 saturated carbocycles. The zero-order valence-corrected chi connectivity index (χ0v) is 14.7. The van der Waals surface area contributed by atoms with Crippen molar-refractivity contribution >= 4 is 23.4 Å². The lowest BCUT2D eigenvalue weighted by Gasteiger charge is -2.09. The van der Waals surface area contributed by atoms with Gasteiger partial charge in [-0.1, -0.05) is 42.1 Å². The zero-order valence-electron chi connectivity index (χ0n) is 13.8. The zero-order chi connectivity index (χ0) is 17.6. The maximum absolute atomic E-state index is 12.2. The highest BCUT2D eigenvalue weighted by atomic mass is 32.2. The van der Waals surface area contributed by atoms with Crippen LogP contribution in [0.5, 0.6) is 5.75 Å². The molecule has 0 saturated heterocycles. The molecule has 0 bridgehead atoms. The van der Waals surface area contributed by atoms with Gasteiger partial charge in [0.05, 0.1) is 12.9 Å². The summed E-state index contributed by atoms with van der Waals surface area (Å²) in [6.45, 7) is 1.95. The van der Waals surface area contributed by atoms with Crippen LogP contribution in [-0.2, 0) is 4.79 Å². The number of methoxy groups -OCH3 is 1. The summed E-state index contributed by atoms with van der Waals surface area (Å²) >= 11 is 1.26. The van der Waals surface area contributed by atoms with Gasteiger partial charge < -0.3 is 10.1 Å². The standard InChI is InChI=1S/C17H17N5O2S/c1-12-7-3-4-8-13(12)18-16(23)11-25-17-19-20-21-22(17)14-9-5-6-10-15(14)24-2/h3-10H,11H2,1-2H3,(H,18,23). The summed E-state index contributed by atoms with van der Waals surface area (Å²) in [5.41, 5.74) is 2.54. The predicted octanol–water partition coefficient (Wildman–Crippen LogP) is 2.71. The molecule has 0 aliphatic carbocycles. The molecule has 1 amide bonds. The van der Waals surface area contributed by atoms with Crippen molar-refractivity contribution < 1.29 is 9.53 Å². The maximum Gasteiger partial charge on any atom is 0.234 e. The highest BCUT2D eigenvalue weighted by Crippen LogP contribution is 2.25. The Morgan fingerprint density at radius 1 is 1.20 bits per heavy atom. The summed E-state index contributed by atoms with van der Waals surface area (Å²) in [7, 11) is 1.59. The molecule has 7 nitrogen and oxygen atoms in total. The summed E-state index contributed by atoms with van der Waals surface area (Å²) in [5.74, 6) is 0.735. The molecule has 8 heteroatoms. The monoisotopic (exact) mass is 355 g/mol. The topological polar surface area (TPSA) is 81.9 Å². The molecule has 1 heterocycles. The molecular weight excluding hydrogens is 338 g/mol. The third kappa shape index (κ3) is 3.97. The van der Waals surface area contributed by atoms with E-state index in [-0.39, 0.29) is 11.7 Å². The fourth-order valence-corrected chi connectivity index (χ4v) is 2.94. The first kappa shape index (κ1) is 17.0. The van der Waals surface area contributed by atoms with E-state index in [1.54, 1.807) is 11.8 Å². The number of para-hydroxylation sites is 3. The SMILES string of the molecule is COc1ccccc1-n1nnnc1SCC(=O)Nc1ccccc1C. The van der Waals surface area contributed by atoms with Crippen LogP contribution in [0.2, 0.25) is 0 Å². The van der Waals surface area contributed by atoms with Crippen molar-refractivity contribution in [3.05, 3.63) is 54.1 Å². The van der Waals surface area contributed by atoms with Crippen LogP contribution in [0.1, 0.15) is 5.56 Å². The summed E-state index contributed by atoms with van der Waals surface area (Å²) in [5, 5.41) is 15.1. The molecule has 128 valence electrons. The molecule has 0 spiro atoms. The number of aromatic nitrogens is 4. The molecule has 1 aromatic heterocycles. The van der Waals surface area contributed by atoms with Crippen LogP contribution in [0.3, 0.4) is 0 Å². The fourth-order valence-electron chi connectivity index (χ4n) is 2.25. The lowest BCUT2D eigenvalue weighted by molar-refractivity contribution is -0.113. The number of nitrogens with one attached hydrogen (secondary N) is 1. The lowest BCUT2D eigenvalue weighted by Crippen LogP contribution is -2.15. The van der Waals surface area contributed by atoms with Crippen LogP contribution < -0.4 is 10.1 Å². The second kappa shape index (κ2) is 7.80. The summed E-state index contributed by atoms with van der Waals surface area (Å²) in [6, 6.07) is 15.1. The second-order valence-electron chi connectivity index (χ2n) is 5.20. The van der Waals surface area contributed by atoms with Gasteiger partial charge in [-0.25, -0.2) is 0 Å². The highest BCUT2D eigenvalue weighted by Gasteiger charge is 2.14. The first-order valence-electron chi connectivity index (χ1n) is 7.59. The van der Waals surface area contributed by atoms with Crippen molar-refractivity contribution in [3.8, 4) is 11.4 Å². The summed E-state index contributed by atoms with van der Waals surface area (Å²) in [4.78, 5) is 12.2. The molecular formula is C17H17N5O2S. The third-order valence-electron chi connectivity index (χ3n) is 3.51. The van der Waals surface area contributed by atoms with Crippen LogP contribution in [0.25, 0.3) is 5.69 Å². The van der Waals surface area contributed by atoms with Gasteiger partial charge in [0, 0.05) is 5.69 Å². The fraction of sp³-hybridized carbons (Fsp3) is 0.176. The van der Waals surface area contributed by atoms with Gasteiger partial charge in [0.1, 0.15) is 11.4 Å². The minimum Gasteiger partial charge on any atom is -0.494 e. The molecule has 3 rings (SSSR count). The van der Waals surface area contributed by atoms with E-state index in [9.17, 15) is 4.79 Å². The van der Waals surface area contributed by atoms with Crippen LogP contribution in [-0.4, -0.2) is 39.0 Å². The van der Waals surface area contributed by atoms with Gasteiger partial charge >= 0.3 is 0 Å². The van der Waals surface area contributed by atoms with Gasteiger partial charge in [-0.2, -0.15) is 4.68 Å². The van der Waals surface area contributed by atoms with Crippen LogP contribution in [0.4, 0.5) is 5.69 Å². The number of carbonyl (C=O) groups excluding carboxylic acids is 1. The van der Waals surface area contributed by atoms with Crippen LogP contribution >= 0.6 is 11.8 Å². The van der Waals surface area contributed by atoms with Crippen LogP contribution in [0.15, 0.2) is 53.7 Å². The van der Waals surface area contributed by atoms with Crippen molar-refractivity contribution in [1.29, 1.82) is 0 Å². The molecule has 0 radical (unpaired) electrons. The Kier molecular flexibility index (Phi) is 5.30. The van der Waals surface area contributed by atoms with Crippen molar-refractivity contribution in [2.24, 2.45) is 0 Å². The third-order valence-corrected chi connectivity index (χ3v) is 4.43. The van der Waals surface area contributed by atoms with Gasteiger partial charge in [-0.3, -0.25) is 4.79 Å². The number of aryl methyl sites for hydroxylation is 1. The molecule has 0 aliphatic rings. The van der Waals surface area contributed by atoms with Gasteiger partial charge in [-0.15, -0.1) is 5.10 Å². The van der Waals surface area contributed by atoms with Crippen molar-refractivity contribution in [1.82, 2.24) is 20.2 Å². The molecule has 0 fully saturated rings. The van der Waals surface area contributed by atoms with E-state index < -0.39 is 0 Å². The Morgan fingerprint density at radius 3 is 2.76 bits per heavy atom. The number of thioether (sulfide) groups is 1. The second-order valence-corrected chi connectivity index (χ2v) is 6.14. The van der Waals surface area contributed by atoms with Crippen molar-refractivity contribution in [2.45, 2.75) is 12.1 Å². The molecule has 2 aromatic carbocycles. The number of hydrogen-bond donors (Lipinski definition) is 1. The number of nitrogens with zero attached hydrogens (tertiary/aromatic N) is 4. The number of ether oxygens (including phenoxy) is 1. The number of hydrogen-bond acceptors (Lipinski definition) is 6. The lowest BCUT2D eigenvalue weighted by atomic mass is 10.2. The smallest absolute Gasteiger partial charge is 0.234 e. The van der Waals surface area contributed by atoms with E-state index in [0.717, 1.165) is 16.9 Å². The summed E-state index contributed by atoms with van der Waals surface area (Å²) in [6.07, 6.45) is 0. The van der Waals surface area contributed by atoms with E-state index in [4.69, 9.17) is 4.74 Å². The first-order chi connectivity index (χ1) is 12.2. The summed E-state index contributed by atoms with van der Waals surface area (Å²) < 4.78 is 6.90. The van der Waals surface area contributed by atoms with Crippen molar-refractivity contribution in [2.75, 3.05) is 18.2 Å². The normalized spacial score (nSPS) is 10.5. The van der Waals surface area contributed by atoms with Gasteiger partial charge in [0.2, 0.25) is 11.1 Å². The Labute approximate surface area is 149 Å². The number of carbonyl (C=O) groups is 1. The van der Waals surface area contributed by atoms with E-state index in [1.165, 1.54) is 11.8 Å².